The van der Waals surface area contributed by atoms with E-state index in [0.29, 0.717) is 32.0 Å². The molecule has 2 saturated heterocycles. The van der Waals surface area contributed by atoms with Gasteiger partial charge in [0.15, 0.2) is 0 Å². The molecule has 2 aliphatic heterocycles. The zero-order valence-electron chi connectivity index (χ0n) is 13.2. The van der Waals surface area contributed by atoms with Gasteiger partial charge in [-0.15, -0.1) is 12.4 Å². The molecule has 1 N–H and O–H groups in total. The highest BCUT2D eigenvalue weighted by atomic mass is 35.5. The van der Waals surface area contributed by atoms with E-state index in [1.165, 1.54) is 18.6 Å². The van der Waals surface area contributed by atoms with E-state index in [-0.39, 0.29) is 30.2 Å². The molecule has 3 rings (SSSR count). The van der Waals surface area contributed by atoms with Crippen LogP contribution in [0.15, 0.2) is 24.3 Å². The molecule has 2 fully saturated rings. The Morgan fingerprint density at radius 3 is 3.04 bits per heavy atom. The Balaban J connectivity index is 0.00000192. The summed E-state index contributed by atoms with van der Waals surface area (Å²) in [5.41, 5.74) is 0.803. The largest absolute Gasteiger partial charge is 0.370 e. The SMILES string of the molecule is Cl.O=C(CCC1CCNC1)N1CCOC(c2cccc(F)c2)C1. The molecular formula is C17H24ClFN2O2. The van der Waals surface area contributed by atoms with Gasteiger partial charge in [-0.25, -0.2) is 4.39 Å². The highest BCUT2D eigenvalue weighted by Crippen LogP contribution is 2.24. The van der Waals surface area contributed by atoms with Crippen LogP contribution in [-0.4, -0.2) is 43.6 Å². The molecule has 1 aromatic carbocycles. The van der Waals surface area contributed by atoms with E-state index in [1.807, 2.05) is 11.0 Å². The number of nitrogens with zero attached hydrogens (tertiary/aromatic N) is 1. The number of ether oxygens (including phenoxy) is 1. The van der Waals surface area contributed by atoms with Crippen molar-refractivity contribution in [1.29, 1.82) is 0 Å². The number of amides is 1. The lowest BCUT2D eigenvalue weighted by Gasteiger charge is -2.33. The molecule has 2 heterocycles. The fraction of sp³-hybridized carbons (Fsp3) is 0.588. The highest BCUT2D eigenvalue weighted by Gasteiger charge is 2.26. The number of hydrogen-bond donors (Lipinski definition) is 1. The minimum atomic E-state index is -0.265. The second-order valence-electron chi connectivity index (χ2n) is 6.15. The van der Waals surface area contributed by atoms with Gasteiger partial charge in [0, 0.05) is 13.0 Å². The predicted octanol–water partition coefficient (Wildman–Crippen LogP) is 2.54. The maximum atomic E-state index is 13.3. The van der Waals surface area contributed by atoms with Gasteiger partial charge in [-0.05, 0) is 49.5 Å². The number of rotatable bonds is 4. The molecule has 1 aromatic rings. The van der Waals surface area contributed by atoms with Crippen LogP contribution in [-0.2, 0) is 9.53 Å². The molecule has 128 valence electrons. The normalized spacial score (nSPS) is 24.3. The molecule has 2 unspecified atom stereocenters. The summed E-state index contributed by atoms with van der Waals surface area (Å²) in [5.74, 6) is 0.555. The fourth-order valence-electron chi connectivity index (χ4n) is 3.23. The first-order valence-corrected chi connectivity index (χ1v) is 8.08. The lowest BCUT2D eigenvalue weighted by molar-refractivity contribution is -0.139. The summed E-state index contributed by atoms with van der Waals surface area (Å²) >= 11 is 0. The minimum Gasteiger partial charge on any atom is -0.370 e. The lowest BCUT2D eigenvalue weighted by atomic mass is 10.0. The number of carbonyl (C=O) groups is 1. The zero-order valence-corrected chi connectivity index (χ0v) is 14.0. The number of benzene rings is 1. The number of halogens is 2. The molecule has 6 heteroatoms. The van der Waals surface area contributed by atoms with Crippen molar-refractivity contribution < 1.29 is 13.9 Å². The monoisotopic (exact) mass is 342 g/mol. The summed E-state index contributed by atoms with van der Waals surface area (Å²) in [6, 6.07) is 6.45. The summed E-state index contributed by atoms with van der Waals surface area (Å²) in [7, 11) is 0. The van der Waals surface area contributed by atoms with E-state index in [1.54, 1.807) is 6.07 Å². The molecule has 23 heavy (non-hydrogen) atoms. The van der Waals surface area contributed by atoms with Gasteiger partial charge in [0.1, 0.15) is 11.9 Å². The zero-order chi connectivity index (χ0) is 15.4. The van der Waals surface area contributed by atoms with Crippen molar-refractivity contribution >= 4 is 18.3 Å². The first kappa shape index (κ1) is 18.2. The standard InChI is InChI=1S/C17H23FN2O2.ClH/c18-15-3-1-2-14(10-15)16-12-20(8-9-22-16)17(21)5-4-13-6-7-19-11-13;/h1-3,10,13,16,19H,4-9,11-12H2;1H. The van der Waals surface area contributed by atoms with Gasteiger partial charge < -0.3 is 15.0 Å². The van der Waals surface area contributed by atoms with Crippen LogP contribution >= 0.6 is 12.4 Å². The third-order valence-electron chi connectivity index (χ3n) is 4.57. The Bertz CT molecular complexity index is 523. The van der Waals surface area contributed by atoms with Crippen molar-refractivity contribution in [2.75, 3.05) is 32.8 Å². The number of hydrogen-bond acceptors (Lipinski definition) is 3. The van der Waals surface area contributed by atoms with E-state index in [9.17, 15) is 9.18 Å². The topological polar surface area (TPSA) is 41.6 Å². The van der Waals surface area contributed by atoms with Crippen molar-refractivity contribution in [2.24, 2.45) is 5.92 Å². The van der Waals surface area contributed by atoms with Crippen molar-refractivity contribution in [3.8, 4) is 0 Å². The van der Waals surface area contributed by atoms with Gasteiger partial charge in [-0.1, -0.05) is 12.1 Å². The van der Waals surface area contributed by atoms with Crippen LogP contribution < -0.4 is 5.32 Å². The van der Waals surface area contributed by atoms with Crippen LogP contribution in [0.4, 0.5) is 4.39 Å². The first-order chi connectivity index (χ1) is 10.7. The van der Waals surface area contributed by atoms with E-state index in [0.717, 1.165) is 25.1 Å². The molecule has 0 aromatic heterocycles. The molecule has 0 spiro atoms. The Hall–Kier alpha value is -1.17. The lowest BCUT2D eigenvalue weighted by Crippen LogP contribution is -2.42. The molecule has 1 amide bonds. The molecule has 0 aliphatic carbocycles. The second-order valence-corrected chi connectivity index (χ2v) is 6.15. The maximum absolute atomic E-state index is 13.3. The van der Waals surface area contributed by atoms with Gasteiger partial charge in [-0.2, -0.15) is 0 Å². The van der Waals surface area contributed by atoms with E-state index < -0.39 is 0 Å². The molecule has 2 aliphatic rings. The minimum absolute atomic E-state index is 0. The van der Waals surface area contributed by atoms with Crippen LogP contribution in [0, 0.1) is 11.7 Å². The van der Waals surface area contributed by atoms with Gasteiger partial charge in [-0.3, -0.25) is 4.79 Å². The summed E-state index contributed by atoms with van der Waals surface area (Å²) in [4.78, 5) is 14.2. The molecule has 0 saturated carbocycles. The number of nitrogens with one attached hydrogen (secondary N) is 1. The van der Waals surface area contributed by atoms with Crippen molar-refractivity contribution in [2.45, 2.75) is 25.4 Å². The van der Waals surface area contributed by atoms with Gasteiger partial charge in [0.05, 0.1) is 13.2 Å². The van der Waals surface area contributed by atoms with Crippen molar-refractivity contribution in [3.63, 3.8) is 0 Å². The molecule has 4 nitrogen and oxygen atoms in total. The van der Waals surface area contributed by atoms with Crippen LogP contribution in [0.1, 0.15) is 30.9 Å². The molecule has 2 atom stereocenters. The van der Waals surface area contributed by atoms with Crippen molar-refractivity contribution in [1.82, 2.24) is 10.2 Å². The van der Waals surface area contributed by atoms with Crippen LogP contribution in [0.3, 0.4) is 0 Å². The maximum Gasteiger partial charge on any atom is 0.222 e. The van der Waals surface area contributed by atoms with E-state index in [2.05, 4.69) is 5.32 Å². The van der Waals surface area contributed by atoms with Gasteiger partial charge >= 0.3 is 0 Å². The highest BCUT2D eigenvalue weighted by molar-refractivity contribution is 5.85. The summed E-state index contributed by atoms with van der Waals surface area (Å²) in [5, 5.41) is 3.33. The quantitative estimate of drug-likeness (QED) is 0.914. The number of morpholine rings is 1. The third kappa shape index (κ3) is 4.90. The van der Waals surface area contributed by atoms with Gasteiger partial charge in [0.2, 0.25) is 5.91 Å². The Morgan fingerprint density at radius 1 is 1.43 bits per heavy atom. The van der Waals surface area contributed by atoms with E-state index >= 15 is 0 Å². The predicted molar refractivity (Wildman–Crippen MR) is 89.1 cm³/mol. The Labute approximate surface area is 142 Å². The molecule has 0 radical (unpaired) electrons. The van der Waals surface area contributed by atoms with Crippen LogP contribution in [0.25, 0.3) is 0 Å². The molecule has 0 bridgehead atoms. The third-order valence-corrected chi connectivity index (χ3v) is 4.57. The van der Waals surface area contributed by atoms with Crippen LogP contribution in [0.5, 0.6) is 0 Å². The first-order valence-electron chi connectivity index (χ1n) is 8.08. The summed E-state index contributed by atoms with van der Waals surface area (Å²) in [6.45, 7) is 3.76. The van der Waals surface area contributed by atoms with E-state index in [4.69, 9.17) is 4.74 Å². The summed E-state index contributed by atoms with van der Waals surface area (Å²) < 4.78 is 19.0. The van der Waals surface area contributed by atoms with Crippen molar-refractivity contribution in [3.05, 3.63) is 35.6 Å². The summed E-state index contributed by atoms with van der Waals surface area (Å²) in [6.07, 6.45) is 2.50. The smallest absolute Gasteiger partial charge is 0.222 e. The Kier molecular flexibility index (Phi) is 6.81. The van der Waals surface area contributed by atoms with Crippen LogP contribution in [0.2, 0.25) is 0 Å². The number of carbonyl (C=O) groups excluding carboxylic acids is 1. The fourth-order valence-corrected chi connectivity index (χ4v) is 3.23. The molecular weight excluding hydrogens is 319 g/mol. The second kappa shape index (κ2) is 8.62. The average molecular weight is 343 g/mol. The van der Waals surface area contributed by atoms with Gasteiger partial charge in [0.25, 0.3) is 0 Å². The average Bonchev–Trinajstić information content (AvgIpc) is 3.06. The Morgan fingerprint density at radius 2 is 2.30 bits per heavy atom.